The minimum atomic E-state index is 0.187. The van der Waals surface area contributed by atoms with Gasteiger partial charge in [0, 0.05) is 6.04 Å². The van der Waals surface area contributed by atoms with Gasteiger partial charge in [-0.1, -0.05) is 32.9 Å². The Hall–Kier alpha value is -1.02. The summed E-state index contributed by atoms with van der Waals surface area (Å²) in [7, 11) is 1.69. The molecule has 1 unspecified atom stereocenters. The van der Waals surface area contributed by atoms with Crippen molar-refractivity contribution in [3.63, 3.8) is 0 Å². The standard InChI is InChI=1S/C14H23NO/c1-14(2,3)13(15)10-7-11-5-8-12(16-4)9-6-11/h5-6,8-9,13H,7,10,15H2,1-4H3. The molecule has 0 saturated carbocycles. The van der Waals surface area contributed by atoms with Crippen molar-refractivity contribution in [2.24, 2.45) is 11.1 Å². The van der Waals surface area contributed by atoms with Gasteiger partial charge < -0.3 is 10.5 Å². The summed E-state index contributed by atoms with van der Waals surface area (Å²) in [4.78, 5) is 0. The van der Waals surface area contributed by atoms with Crippen molar-refractivity contribution in [2.75, 3.05) is 7.11 Å². The molecule has 0 heterocycles. The van der Waals surface area contributed by atoms with E-state index in [0.29, 0.717) is 0 Å². The van der Waals surface area contributed by atoms with Gasteiger partial charge in [-0.25, -0.2) is 0 Å². The van der Waals surface area contributed by atoms with Crippen LogP contribution in [0.4, 0.5) is 0 Å². The lowest BCUT2D eigenvalue weighted by Crippen LogP contribution is -2.35. The molecule has 0 saturated heterocycles. The molecule has 1 aromatic rings. The van der Waals surface area contributed by atoms with Crippen LogP contribution in [0.25, 0.3) is 0 Å². The average molecular weight is 221 g/mol. The van der Waals surface area contributed by atoms with Crippen molar-refractivity contribution < 1.29 is 4.74 Å². The van der Waals surface area contributed by atoms with Crippen LogP contribution < -0.4 is 10.5 Å². The molecule has 0 aliphatic heterocycles. The summed E-state index contributed by atoms with van der Waals surface area (Å²) in [5.74, 6) is 0.906. The van der Waals surface area contributed by atoms with Crippen LogP contribution in [0.15, 0.2) is 24.3 Å². The molecular weight excluding hydrogens is 198 g/mol. The second-order valence-electron chi connectivity index (χ2n) is 5.36. The molecule has 2 N–H and O–H groups in total. The highest BCUT2D eigenvalue weighted by Crippen LogP contribution is 2.21. The maximum atomic E-state index is 6.13. The molecule has 0 spiro atoms. The van der Waals surface area contributed by atoms with E-state index in [1.165, 1.54) is 5.56 Å². The Labute approximate surface area is 98.8 Å². The van der Waals surface area contributed by atoms with Crippen LogP contribution >= 0.6 is 0 Å². The zero-order chi connectivity index (χ0) is 12.2. The minimum Gasteiger partial charge on any atom is -0.497 e. The third kappa shape index (κ3) is 3.86. The third-order valence-corrected chi connectivity index (χ3v) is 3.02. The number of rotatable bonds is 4. The normalized spacial score (nSPS) is 13.6. The van der Waals surface area contributed by atoms with Gasteiger partial charge in [-0.05, 0) is 36.0 Å². The Balaban J connectivity index is 2.48. The average Bonchev–Trinajstić information content (AvgIpc) is 2.25. The fourth-order valence-electron chi connectivity index (χ4n) is 1.55. The van der Waals surface area contributed by atoms with Gasteiger partial charge in [0.05, 0.1) is 7.11 Å². The number of hydrogen-bond acceptors (Lipinski definition) is 2. The number of hydrogen-bond donors (Lipinski definition) is 1. The fraction of sp³-hybridized carbons (Fsp3) is 0.571. The van der Waals surface area contributed by atoms with Crippen LogP contribution in [0.3, 0.4) is 0 Å². The lowest BCUT2D eigenvalue weighted by molar-refractivity contribution is 0.306. The highest BCUT2D eigenvalue weighted by Gasteiger charge is 2.19. The first-order valence-corrected chi connectivity index (χ1v) is 5.82. The summed E-state index contributed by atoms with van der Waals surface area (Å²) in [6, 6.07) is 8.45. The smallest absolute Gasteiger partial charge is 0.118 e. The van der Waals surface area contributed by atoms with E-state index in [0.717, 1.165) is 18.6 Å². The van der Waals surface area contributed by atoms with E-state index >= 15 is 0 Å². The summed E-state index contributed by atoms with van der Waals surface area (Å²) in [5, 5.41) is 0. The minimum absolute atomic E-state index is 0.187. The van der Waals surface area contributed by atoms with Gasteiger partial charge in [0.2, 0.25) is 0 Å². The van der Waals surface area contributed by atoms with E-state index in [4.69, 9.17) is 10.5 Å². The van der Waals surface area contributed by atoms with Crippen molar-refractivity contribution >= 4 is 0 Å². The second kappa shape index (κ2) is 5.35. The molecule has 1 atom stereocenters. The number of benzene rings is 1. The first-order chi connectivity index (χ1) is 7.43. The Morgan fingerprint density at radius 1 is 1.19 bits per heavy atom. The molecule has 0 bridgehead atoms. The second-order valence-corrected chi connectivity index (χ2v) is 5.36. The van der Waals surface area contributed by atoms with Crippen molar-refractivity contribution in [3.05, 3.63) is 29.8 Å². The molecule has 0 radical (unpaired) electrons. The summed E-state index contributed by atoms with van der Waals surface area (Å²) >= 11 is 0. The van der Waals surface area contributed by atoms with E-state index in [1.807, 2.05) is 12.1 Å². The Bertz CT molecular complexity index is 311. The van der Waals surface area contributed by atoms with Crippen LogP contribution in [-0.4, -0.2) is 13.2 Å². The molecule has 0 fully saturated rings. The maximum Gasteiger partial charge on any atom is 0.118 e. The molecule has 1 rings (SSSR count). The van der Waals surface area contributed by atoms with E-state index in [1.54, 1.807) is 7.11 Å². The Kier molecular flexibility index (Phi) is 4.36. The highest BCUT2D eigenvalue weighted by atomic mass is 16.5. The summed E-state index contributed by atoms with van der Waals surface area (Å²) in [5.41, 5.74) is 7.64. The molecule has 16 heavy (non-hydrogen) atoms. The van der Waals surface area contributed by atoms with Crippen LogP contribution in [-0.2, 0) is 6.42 Å². The van der Waals surface area contributed by atoms with E-state index in [-0.39, 0.29) is 11.5 Å². The Morgan fingerprint density at radius 3 is 2.19 bits per heavy atom. The molecule has 0 aliphatic rings. The number of methoxy groups -OCH3 is 1. The third-order valence-electron chi connectivity index (χ3n) is 3.02. The summed E-state index contributed by atoms with van der Waals surface area (Å²) in [6.45, 7) is 6.56. The van der Waals surface area contributed by atoms with Gasteiger partial charge in [0.25, 0.3) is 0 Å². The summed E-state index contributed by atoms with van der Waals surface area (Å²) in [6.07, 6.45) is 2.05. The molecule has 2 heteroatoms. The zero-order valence-corrected chi connectivity index (χ0v) is 10.8. The Morgan fingerprint density at radius 2 is 1.75 bits per heavy atom. The lowest BCUT2D eigenvalue weighted by Gasteiger charge is -2.27. The van der Waals surface area contributed by atoms with Gasteiger partial charge >= 0.3 is 0 Å². The van der Waals surface area contributed by atoms with Crippen molar-refractivity contribution in [1.29, 1.82) is 0 Å². The van der Waals surface area contributed by atoms with Crippen LogP contribution in [0.5, 0.6) is 5.75 Å². The largest absolute Gasteiger partial charge is 0.497 e. The predicted octanol–water partition coefficient (Wildman–Crippen LogP) is 3.00. The molecule has 0 aliphatic carbocycles. The van der Waals surface area contributed by atoms with Crippen molar-refractivity contribution in [3.8, 4) is 5.75 Å². The lowest BCUT2D eigenvalue weighted by atomic mass is 9.84. The van der Waals surface area contributed by atoms with Crippen molar-refractivity contribution in [1.82, 2.24) is 0 Å². The molecule has 0 amide bonds. The predicted molar refractivity (Wildman–Crippen MR) is 68.7 cm³/mol. The van der Waals surface area contributed by atoms with E-state index < -0.39 is 0 Å². The highest BCUT2D eigenvalue weighted by molar-refractivity contribution is 5.27. The number of ether oxygens (including phenoxy) is 1. The first-order valence-electron chi connectivity index (χ1n) is 5.82. The van der Waals surface area contributed by atoms with Crippen LogP contribution in [0.1, 0.15) is 32.8 Å². The van der Waals surface area contributed by atoms with E-state index in [9.17, 15) is 0 Å². The molecule has 1 aromatic carbocycles. The van der Waals surface area contributed by atoms with Gasteiger partial charge in [0.1, 0.15) is 5.75 Å². The molecule has 0 aromatic heterocycles. The van der Waals surface area contributed by atoms with Gasteiger partial charge in [0.15, 0.2) is 0 Å². The van der Waals surface area contributed by atoms with Crippen LogP contribution in [0, 0.1) is 5.41 Å². The van der Waals surface area contributed by atoms with Gasteiger partial charge in [-0.3, -0.25) is 0 Å². The van der Waals surface area contributed by atoms with E-state index in [2.05, 4.69) is 32.9 Å². The van der Waals surface area contributed by atoms with Gasteiger partial charge in [-0.2, -0.15) is 0 Å². The quantitative estimate of drug-likeness (QED) is 0.848. The zero-order valence-electron chi connectivity index (χ0n) is 10.8. The summed E-state index contributed by atoms with van der Waals surface area (Å²) < 4.78 is 5.12. The molecule has 2 nitrogen and oxygen atoms in total. The van der Waals surface area contributed by atoms with Gasteiger partial charge in [-0.15, -0.1) is 0 Å². The molecule has 90 valence electrons. The fourth-order valence-corrected chi connectivity index (χ4v) is 1.55. The maximum absolute atomic E-state index is 6.13. The van der Waals surface area contributed by atoms with Crippen molar-refractivity contribution in [2.45, 2.75) is 39.7 Å². The SMILES string of the molecule is COc1ccc(CCC(N)C(C)(C)C)cc1. The topological polar surface area (TPSA) is 35.2 Å². The monoisotopic (exact) mass is 221 g/mol. The number of nitrogens with two attached hydrogens (primary N) is 1. The first kappa shape index (κ1) is 13.0. The van der Waals surface area contributed by atoms with Crippen LogP contribution in [0.2, 0.25) is 0 Å². The molecular formula is C14H23NO. The number of aryl methyl sites for hydroxylation is 1.